The van der Waals surface area contributed by atoms with E-state index in [1.807, 2.05) is 18.5 Å². The molecule has 3 aromatic heterocycles. The van der Waals surface area contributed by atoms with Gasteiger partial charge >= 0.3 is 0 Å². The molecule has 4 heteroatoms. The number of aromatic nitrogens is 2. The number of thiophene rings is 1. The van der Waals surface area contributed by atoms with Gasteiger partial charge in [0.1, 0.15) is 5.65 Å². The maximum atomic E-state index is 4.50. The largest absolute Gasteiger partial charge is 0.381 e. The van der Waals surface area contributed by atoms with Crippen molar-refractivity contribution in [3.63, 3.8) is 0 Å². The molecule has 0 bridgehead atoms. The maximum Gasteiger partial charge on any atom is 0.139 e. The standard InChI is InChI=1S/C19H19N3S/c1-2-4-16(5-3-1)22-18-15(7-6-14-9-11-23-13-14)12-21-19-17(18)8-10-20-19/h8-13,16H,1-5H2,(H2,20,21,22). The third-order valence-corrected chi connectivity index (χ3v) is 5.09. The molecule has 116 valence electrons. The topological polar surface area (TPSA) is 40.7 Å². The average molecular weight is 321 g/mol. The number of nitrogens with zero attached hydrogens (tertiary/aromatic N) is 1. The van der Waals surface area contributed by atoms with Crippen molar-refractivity contribution in [3.8, 4) is 11.8 Å². The molecular weight excluding hydrogens is 302 g/mol. The Kier molecular flexibility index (Phi) is 4.04. The van der Waals surface area contributed by atoms with Gasteiger partial charge in [-0.3, -0.25) is 0 Å². The van der Waals surface area contributed by atoms with E-state index in [2.05, 4.69) is 44.0 Å². The second kappa shape index (κ2) is 6.47. The normalized spacial score (nSPS) is 15.3. The van der Waals surface area contributed by atoms with Gasteiger partial charge in [-0.25, -0.2) is 4.98 Å². The van der Waals surface area contributed by atoms with E-state index in [0.29, 0.717) is 6.04 Å². The third kappa shape index (κ3) is 3.11. The van der Waals surface area contributed by atoms with Crippen molar-refractivity contribution in [1.82, 2.24) is 9.97 Å². The van der Waals surface area contributed by atoms with Crippen molar-refractivity contribution < 1.29 is 0 Å². The molecule has 0 spiro atoms. The van der Waals surface area contributed by atoms with Gasteiger partial charge in [0.2, 0.25) is 0 Å². The van der Waals surface area contributed by atoms with Crippen LogP contribution in [0.5, 0.6) is 0 Å². The highest BCUT2D eigenvalue weighted by Gasteiger charge is 2.16. The van der Waals surface area contributed by atoms with Crippen LogP contribution in [0.3, 0.4) is 0 Å². The van der Waals surface area contributed by atoms with Crippen molar-refractivity contribution in [2.24, 2.45) is 0 Å². The minimum atomic E-state index is 0.547. The number of rotatable bonds is 2. The van der Waals surface area contributed by atoms with Gasteiger partial charge < -0.3 is 10.3 Å². The SMILES string of the molecule is C(#Cc1cnc2[nH]ccc2c1NC1CCCCC1)c1ccsc1. The van der Waals surface area contributed by atoms with E-state index in [1.165, 1.54) is 32.1 Å². The van der Waals surface area contributed by atoms with E-state index < -0.39 is 0 Å². The lowest BCUT2D eigenvalue weighted by Gasteiger charge is -2.24. The molecule has 3 aromatic rings. The van der Waals surface area contributed by atoms with Crippen LogP contribution in [0.1, 0.15) is 43.2 Å². The molecule has 0 saturated heterocycles. The third-order valence-electron chi connectivity index (χ3n) is 4.40. The number of anilines is 1. The number of hydrogen-bond acceptors (Lipinski definition) is 3. The fourth-order valence-corrected chi connectivity index (χ4v) is 3.77. The van der Waals surface area contributed by atoms with E-state index in [9.17, 15) is 0 Å². The molecule has 1 saturated carbocycles. The van der Waals surface area contributed by atoms with Crippen LogP contribution < -0.4 is 5.32 Å². The molecule has 1 fully saturated rings. The lowest BCUT2D eigenvalue weighted by Crippen LogP contribution is -2.22. The van der Waals surface area contributed by atoms with Gasteiger partial charge in [-0.2, -0.15) is 11.3 Å². The van der Waals surface area contributed by atoms with Gasteiger partial charge in [-0.15, -0.1) is 0 Å². The van der Waals surface area contributed by atoms with Crippen LogP contribution in [-0.4, -0.2) is 16.0 Å². The van der Waals surface area contributed by atoms with Crippen LogP contribution in [0.15, 0.2) is 35.3 Å². The Morgan fingerprint density at radius 3 is 2.91 bits per heavy atom. The number of fused-ring (bicyclic) bond motifs is 1. The van der Waals surface area contributed by atoms with Crippen LogP contribution >= 0.6 is 11.3 Å². The number of H-pyrrole nitrogens is 1. The van der Waals surface area contributed by atoms with Gasteiger partial charge in [-0.05, 0) is 30.4 Å². The van der Waals surface area contributed by atoms with Gasteiger partial charge in [0.05, 0.1) is 11.3 Å². The lowest BCUT2D eigenvalue weighted by molar-refractivity contribution is 0.463. The predicted octanol–water partition coefficient (Wildman–Crippen LogP) is 4.77. The minimum Gasteiger partial charge on any atom is -0.381 e. The summed E-state index contributed by atoms with van der Waals surface area (Å²) in [5, 5.41) is 9.01. The summed E-state index contributed by atoms with van der Waals surface area (Å²) in [4.78, 5) is 7.70. The number of hydrogen-bond donors (Lipinski definition) is 2. The highest BCUT2D eigenvalue weighted by molar-refractivity contribution is 7.08. The Hall–Kier alpha value is -2.25. The van der Waals surface area contributed by atoms with E-state index >= 15 is 0 Å². The Morgan fingerprint density at radius 2 is 2.09 bits per heavy atom. The van der Waals surface area contributed by atoms with Crippen LogP contribution in [0.4, 0.5) is 5.69 Å². The molecule has 3 nitrogen and oxygen atoms in total. The smallest absolute Gasteiger partial charge is 0.139 e. The number of pyridine rings is 1. The van der Waals surface area contributed by atoms with E-state index in [4.69, 9.17) is 0 Å². The van der Waals surface area contributed by atoms with Crippen molar-refractivity contribution in [2.75, 3.05) is 5.32 Å². The van der Waals surface area contributed by atoms with Gasteiger partial charge in [-0.1, -0.05) is 31.1 Å². The summed E-state index contributed by atoms with van der Waals surface area (Å²) in [7, 11) is 0. The molecule has 1 aliphatic carbocycles. The summed E-state index contributed by atoms with van der Waals surface area (Å²) in [6.45, 7) is 0. The van der Waals surface area contributed by atoms with E-state index in [0.717, 1.165) is 27.8 Å². The van der Waals surface area contributed by atoms with Crippen LogP contribution in [-0.2, 0) is 0 Å². The Labute approximate surface area is 140 Å². The molecule has 4 rings (SSSR count). The van der Waals surface area contributed by atoms with Crippen LogP contribution in [0.2, 0.25) is 0 Å². The van der Waals surface area contributed by atoms with Gasteiger partial charge in [0.15, 0.2) is 0 Å². The molecule has 1 aliphatic rings. The highest BCUT2D eigenvalue weighted by Crippen LogP contribution is 2.29. The molecule has 0 radical (unpaired) electrons. The summed E-state index contributed by atoms with van der Waals surface area (Å²) in [5.74, 6) is 6.55. The Balaban J connectivity index is 1.72. The lowest BCUT2D eigenvalue weighted by atomic mass is 9.95. The summed E-state index contributed by atoms with van der Waals surface area (Å²) in [5.41, 5.74) is 4.09. The first-order valence-corrected chi connectivity index (χ1v) is 9.11. The molecule has 0 aromatic carbocycles. The zero-order chi connectivity index (χ0) is 15.5. The van der Waals surface area contributed by atoms with Crippen molar-refractivity contribution in [3.05, 3.63) is 46.4 Å². The molecule has 0 unspecified atom stereocenters. The van der Waals surface area contributed by atoms with Crippen LogP contribution in [0, 0.1) is 11.8 Å². The maximum absolute atomic E-state index is 4.50. The number of aromatic amines is 1. The summed E-state index contributed by atoms with van der Waals surface area (Å²) in [6.07, 6.45) is 10.3. The second-order valence-electron chi connectivity index (χ2n) is 6.03. The minimum absolute atomic E-state index is 0.547. The van der Waals surface area contributed by atoms with E-state index in [1.54, 1.807) is 11.3 Å². The molecule has 0 amide bonds. The quantitative estimate of drug-likeness (QED) is 0.668. The van der Waals surface area contributed by atoms with Crippen molar-refractivity contribution >= 4 is 28.1 Å². The monoisotopic (exact) mass is 321 g/mol. The van der Waals surface area contributed by atoms with Crippen LogP contribution in [0.25, 0.3) is 11.0 Å². The Bertz CT molecular complexity index is 846. The van der Waals surface area contributed by atoms with Gasteiger partial charge in [0.25, 0.3) is 0 Å². The zero-order valence-electron chi connectivity index (χ0n) is 12.9. The average Bonchev–Trinajstić information content (AvgIpc) is 3.26. The molecule has 0 aliphatic heterocycles. The van der Waals surface area contributed by atoms with E-state index in [-0.39, 0.29) is 0 Å². The molecular formula is C19H19N3S. The zero-order valence-corrected chi connectivity index (χ0v) is 13.7. The summed E-state index contributed by atoms with van der Waals surface area (Å²) < 4.78 is 0. The fraction of sp³-hybridized carbons (Fsp3) is 0.316. The first-order valence-electron chi connectivity index (χ1n) is 8.17. The predicted molar refractivity (Wildman–Crippen MR) is 96.9 cm³/mol. The molecule has 2 N–H and O–H groups in total. The summed E-state index contributed by atoms with van der Waals surface area (Å²) >= 11 is 1.67. The van der Waals surface area contributed by atoms with Crippen molar-refractivity contribution in [2.45, 2.75) is 38.1 Å². The molecule has 23 heavy (non-hydrogen) atoms. The molecule has 0 atom stereocenters. The van der Waals surface area contributed by atoms with Gasteiger partial charge in [0, 0.05) is 34.8 Å². The van der Waals surface area contributed by atoms with Crippen molar-refractivity contribution in [1.29, 1.82) is 0 Å². The second-order valence-corrected chi connectivity index (χ2v) is 6.81. The Morgan fingerprint density at radius 1 is 1.17 bits per heavy atom. The molecule has 3 heterocycles. The first kappa shape index (κ1) is 14.3. The summed E-state index contributed by atoms with van der Waals surface area (Å²) in [6, 6.07) is 4.68. The fourth-order valence-electron chi connectivity index (χ4n) is 3.18. The number of nitrogens with one attached hydrogen (secondary N) is 2. The first-order chi connectivity index (χ1) is 11.4. The highest BCUT2D eigenvalue weighted by atomic mass is 32.1.